The molecule has 0 atom stereocenters. The molecule has 26 heavy (non-hydrogen) atoms. The lowest BCUT2D eigenvalue weighted by atomic mass is 10.2. The molecular weight excluding hydrogens is 362 g/mol. The van der Waals surface area contributed by atoms with E-state index in [2.05, 4.69) is 51.8 Å². The number of aryl methyl sites for hydroxylation is 1. The van der Waals surface area contributed by atoms with E-state index in [-0.39, 0.29) is 0 Å². The molecule has 0 aliphatic heterocycles. The van der Waals surface area contributed by atoms with Crippen LogP contribution in [0.1, 0.15) is 23.8 Å². The second kappa shape index (κ2) is 9.05. The van der Waals surface area contributed by atoms with E-state index >= 15 is 0 Å². The topological polar surface area (TPSA) is 39.9 Å². The van der Waals surface area contributed by atoms with E-state index in [1.807, 2.05) is 18.2 Å². The number of thioether (sulfide) groups is 1. The average molecular weight is 386 g/mol. The van der Waals surface area contributed by atoms with Crippen LogP contribution >= 0.6 is 23.1 Å². The summed E-state index contributed by atoms with van der Waals surface area (Å²) in [6.45, 7) is 6.78. The summed E-state index contributed by atoms with van der Waals surface area (Å²) in [5.74, 6) is 2.60. The zero-order valence-corrected chi connectivity index (χ0v) is 16.8. The molecule has 6 heteroatoms. The van der Waals surface area contributed by atoms with Crippen LogP contribution < -0.4 is 4.74 Å². The molecule has 2 aromatic heterocycles. The molecule has 0 radical (unpaired) electrons. The number of hydrogen-bond donors (Lipinski definition) is 0. The molecule has 0 saturated carbocycles. The van der Waals surface area contributed by atoms with Gasteiger partial charge in [-0.3, -0.25) is 4.57 Å². The molecule has 0 saturated heterocycles. The largest absolute Gasteiger partial charge is 0.497 e. The van der Waals surface area contributed by atoms with Crippen molar-refractivity contribution in [3.63, 3.8) is 0 Å². The van der Waals surface area contributed by atoms with Crippen molar-refractivity contribution in [2.75, 3.05) is 7.11 Å². The Morgan fingerprint density at radius 2 is 2.19 bits per heavy atom. The molecule has 0 amide bonds. The Morgan fingerprint density at radius 1 is 1.31 bits per heavy atom. The van der Waals surface area contributed by atoms with E-state index in [1.54, 1.807) is 30.2 Å². The van der Waals surface area contributed by atoms with Crippen molar-refractivity contribution in [3.05, 3.63) is 58.8 Å². The molecule has 1 aromatic carbocycles. The molecule has 0 aliphatic rings. The molecule has 4 nitrogen and oxygen atoms in total. The van der Waals surface area contributed by atoms with Gasteiger partial charge in [0.15, 0.2) is 11.0 Å². The lowest BCUT2D eigenvalue weighted by Crippen LogP contribution is -2.00. The van der Waals surface area contributed by atoms with Crippen molar-refractivity contribution in [1.82, 2.24) is 14.8 Å². The zero-order chi connectivity index (χ0) is 18.4. The van der Waals surface area contributed by atoms with Gasteiger partial charge in [0.2, 0.25) is 0 Å². The van der Waals surface area contributed by atoms with Crippen LogP contribution in [-0.4, -0.2) is 21.9 Å². The van der Waals surface area contributed by atoms with Crippen molar-refractivity contribution in [2.24, 2.45) is 0 Å². The van der Waals surface area contributed by atoms with Gasteiger partial charge in [-0.15, -0.1) is 28.1 Å². The Labute approximate surface area is 162 Å². The van der Waals surface area contributed by atoms with Crippen LogP contribution in [0.3, 0.4) is 0 Å². The Morgan fingerprint density at radius 3 is 2.96 bits per heavy atom. The predicted molar refractivity (Wildman–Crippen MR) is 110 cm³/mol. The smallest absolute Gasteiger partial charge is 0.192 e. The van der Waals surface area contributed by atoms with Crippen molar-refractivity contribution >= 4 is 23.1 Å². The molecule has 0 bridgehead atoms. The Balaban J connectivity index is 1.80. The first-order valence-electron chi connectivity index (χ1n) is 8.62. The monoisotopic (exact) mass is 385 g/mol. The van der Waals surface area contributed by atoms with E-state index in [9.17, 15) is 0 Å². The highest BCUT2D eigenvalue weighted by molar-refractivity contribution is 7.98. The number of allylic oxidation sites excluding steroid dienone is 1. The normalized spacial score (nSPS) is 10.8. The standard InChI is InChI=1S/C20H23N3OS2/c1-4-7-18-12-16(14-25-18)19-21-22-20(23(19)10-5-2)26-13-15-8-6-9-17(11-15)24-3/h5-6,8-9,11-12,14H,2,4,7,10,13H2,1,3H3. The molecule has 0 N–H and O–H groups in total. The summed E-state index contributed by atoms with van der Waals surface area (Å²) < 4.78 is 7.43. The van der Waals surface area contributed by atoms with Crippen LogP contribution in [0.2, 0.25) is 0 Å². The minimum absolute atomic E-state index is 0.696. The predicted octanol–water partition coefficient (Wildman–Crippen LogP) is 5.45. The first-order valence-corrected chi connectivity index (χ1v) is 10.5. The molecule has 3 rings (SSSR count). The van der Waals surface area contributed by atoms with Crippen molar-refractivity contribution in [2.45, 2.75) is 37.2 Å². The van der Waals surface area contributed by atoms with Crippen LogP contribution in [-0.2, 0) is 18.7 Å². The minimum Gasteiger partial charge on any atom is -0.497 e. The van der Waals surface area contributed by atoms with Gasteiger partial charge in [-0.2, -0.15) is 0 Å². The average Bonchev–Trinajstić information content (AvgIpc) is 3.28. The number of aromatic nitrogens is 3. The first-order chi connectivity index (χ1) is 12.7. The molecule has 0 unspecified atom stereocenters. The van der Waals surface area contributed by atoms with Crippen LogP contribution in [0.25, 0.3) is 11.4 Å². The van der Waals surface area contributed by atoms with Crippen LogP contribution in [0.15, 0.2) is 53.5 Å². The van der Waals surface area contributed by atoms with Gasteiger partial charge < -0.3 is 4.74 Å². The van der Waals surface area contributed by atoms with E-state index in [0.717, 1.165) is 40.9 Å². The highest BCUT2D eigenvalue weighted by Gasteiger charge is 2.15. The third kappa shape index (κ3) is 4.37. The van der Waals surface area contributed by atoms with E-state index in [0.29, 0.717) is 6.54 Å². The van der Waals surface area contributed by atoms with E-state index in [4.69, 9.17) is 4.74 Å². The Hall–Kier alpha value is -2.05. The third-order valence-corrected chi connectivity index (χ3v) is 5.97. The Kier molecular flexibility index (Phi) is 6.52. The Bertz CT molecular complexity index is 870. The van der Waals surface area contributed by atoms with Gasteiger partial charge in [-0.1, -0.05) is 43.3 Å². The van der Waals surface area contributed by atoms with E-state index < -0.39 is 0 Å². The maximum Gasteiger partial charge on any atom is 0.192 e. The fraction of sp³-hybridized carbons (Fsp3) is 0.300. The summed E-state index contributed by atoms with van der Waals surface area (Å²) in [6.07, 6.45) is 4.15. The highest BCUT2D eigenvalue weighted by atomic mass is 32.2. The number of benzene rings is 1. The number of hydrogen-bond acceptors (Lipinski definition) is 5. The van der Waals surface area contributed by atoms with Gasteiger partial charge in [0, 0.05) is 28.1 Å². The first kappa shape index (κ1) is 18.7. The van der Waals surface area contributed by atoms with E-state index in [1.165, 1.54) is 10.4 Å². The van der Waals surface area contributed by atoms with Crippen LogP contribution in [0, 0.1) is 0 Å². The third-order valence-electron chi connectivity index (χ3n) is 3.94. The van der Waals surface area contributed by atoms with Gasteiger partial charge in [0.1, 0.15) is 5.75 Å². The summed E-state index contributed by atoms with van der Waals surface area (Å²) in [5, 5.41) is 12.0. The SMILES string of the molecule is C=CCn1c(SCc2cccc(OC)c2)nnc1-c1csc(CCC)c1. The molecule has 3 aromatic rings. The summed E-state index contributed by atoms with van der Waals surface area (Å²) in [6, 6.07) is 10.3. The summed E-state index contributed by atoms with van der Waals surface area (Å²) in [4.78, 5) is 1.39. The molecule has 0 aliphatic carbocycles. The molecule has 136 valence electrons. The van der Waals surface area contributed by atoms with Crippen LogP contribution in [0.5, 0.6) is 5.75 Å². The number of rotatable bonds is 9. The molecule has 0 spiro atoms. The highest BCUT2D eigenvalue weighted by Crippen LogP contribution is 2.30. The van der Waals surface area contributed by atoms with Gasteiger partial charge in [-0.25, -0.2) is 0 Å². The van der Waals surface area contributed by atoms with Crippen LogP contribution in [0.4, 0.5) is 0 Å². The summed E-state index contributed by atoms with van der Waals surface area (Å²) in [5.41, 5.74) is 2.34. The summed E-state index contributed by atoms with van der Waals surface area (Å²) >= 11 is 3.47. The maximum atomic E-state index is 5.30. The lowest BCUT2D eigenvalue weighted by molar-refractivity contribution is 0.414. The second-order valence-corrected chi connectivity index (χ2v) is 7.84. The molecule has 0 fully saturated rings. The van der Waals surface area contributed by atoms with Crippen molar-refractivity contribution in [1.29, 1.82) is 0 Å². The number of methoxy groups -OCH3 is 1. The number of ether oxygens (including phenoxy) is 1. The van der Waals surface area contributed by atoms with Gasteiger partial charge >= 0.3 is 0 Å². The quantitative estimate of drug-likeness (QED) is 0.363. The van der Waals surface area contributed by atoms with Gasteiger partial charge in [-0.05, 0) is 30.2 Å². The fourth-order valence-electron chi connectivity index (χ4n) is 2.69. The number of nitrogens with zero attached hydrogens (tertiary/aromatic N) is 3. The maximum absolute atomic E-state index is 5.30. The molecular formula is C20H23N3OS2. The van der Waals surface area contributed by atoms with Crippen molar-refractivity contribution in [3.8, 4) is 17.1 Å². The van der Waals surface area contributed by atoms with Gasteiger partial charge in [0.05, 0.1) is 7.11 Å². The number of thiophene rings is 1. The summed E-state index contributed by atoms with van der Waals surface area (Å²) in [7, 11) is 1.69. The fourth-order valence-corrected chi connectivity index (χ4v) is 4.55. The zero-order valence-electron chi connectivity index (χ0n) is 15.1. The van der Waals surface area contributed by atoms with Gasteiger partial charge in [0.25, 0.3) is 0 Å². The minimum atomic E-state index is 0.696. The molecule has 2 heterocycles. The lowest BCUT2D eigenvalue weighted by Gasteiger charge is -2.07. The second-order valence-electron chi connectivity index (χ2n) is 5.90. The van der Waals surface area contributed by atoms with Crippen molar-refractivity contribution < 1.29 is 4.74 Å².